The molecule has 1 aliphatic rings. The van der Waals surface area contributed by atoms with Crippen molar-refractivity contribution in [3.63, 3.8) is 0 Å². The number of ether oxygens (including phenoxy) is 3. The summed E-state index contributed by atoms with van der Waals surface area (Å²) in [4.78, 5) is 0. The first-order valence-corrected chi connectivity index (χ1v) is 6.41. The Bertz CT molecular complexity index is 149. The number of nitrogens with one attached hydrogen (secondary N) is 1. The van der Waals surface area contributed by atoms with Crippen LogP contribution in [0.1, 0.15) is 26.2 Å². The molecule has 0 aliphatic carbocycles. The molecule has 0 saturated carbocycles. The summed E-state index contributed by atoms with van der Waals surface area (Å²) in [5.41, 5.74) is 0. The lowest BCUT2D eigenvalue weighted by Crippen LogP contribution is -2.26. The molecule has 0 aromatic rings. The maximum atomic E-state index is 5.62. The fourth-order valence-corrected chi connectivity index (χ4v) is 1.56. The summed E-state index contributed by atoms with van der Waals surface area (Å²) in [6.07, 6.45) is 3.72. The second kappa shape index (κ2) is 10.0. The Morgan fingerprint density at radius 1 is 1.25 bits per heavy atom. The molecule has 4 heteroatoms. The summed E-state index contributed by atoms with van der Waals surface area (Å²) in [6, 6.07) is 0. The van der Waals surface area contributed by atoms with Gasteiger partial charge in [-0.2, -0.15) is 0 Å². The number of rotatable bonds is 10. The minimum Gasteiger partial charge on any atom is -0.380 e. The molecule has 96 valence electrons. The van der Waals surface area contributed by atoms with Gasteiger partial charge in [-0.25, -0.2) is 0 Å². The van der Waals surface area contributed by atoms with Gasteiger partial charge in [-0.15, -0.1) is 0 Å². The smallest absolute Gasteiger partial charge is 0.0831 e. The van der Waals surface area contributed by atoms with Gasteiger partial charge in [0.1, 0.15) is 0 Å². The molecule has 0 radical (unpaired) electrons. The van der Waals surface area contributed by atoms with Crippen molar-refractivity contribution in [2.24, 2.45) is 0 Å². The van der Waals surface area contributed by atoms with E-state index in [1.165, 1.54) is 6.42 Å². The third-order valence-corrected chi connectivity index (χ3v) is 2.59. The van der Waals surface area contributed by atoms with E-state index in [0.717, 1.165) is 59.0 Å². The molecular weight excluding hydrogens is 206 g/mol. The van der Waals surface area contributed by atoms with Crippen LogP contribution < -0.4 is 5.32 Å². The van der Waals surface area contributed by atoms with Gasteiger partial charge in [0.15, 0.2) is 0 Å². The molecule has 0 amide bonds. The number of unbranched alkanes of at least 4 members (excludes halogenated alkanes) is 1. The molecule has 1 rings (SSSR count). The average Bonchev–Trinajstić information content (AvgIpc) is 2.80. The first-order valence-electron chi connectivity index (χ1n) is 6.41. The van der Waals surface area contributed by atoms with Gasteiger partial charge in [0, 0.05) is 26.3 Å². The lowest BCUT2D eigenvalue weighted by Gasteiger charge is -2.10. The van der Waals surface area contributed by atoms with Gasteiger partial charge in [0.2, 0.25) is 0 Å². The van der Waals surface area contributed by atoms with Gasteiger partial charge >= 0.3 is 0 Å². The highest BCUT2D eigenvalue weighted by atomic mass is 16.5. The van der Waals surface area contributed by atoms with Crippen molar-refractivity contribution in [3.05, 3.63) is 0 Å². The van der Waals surface area contributed by atoms with Crippen LogP contribution in [0.5, 0.6) is 0 Å². The first kappa shape index (κ1) is 13.9. The summed E-state index contributed by atoms with van der Waals surface area (Å²) in [6.45, 7) is 8.04. The minimum atomic E-state index is 0.322. The van der Waals surface area contributed by atoms with Crippen molar-refractivity contribution in [3.8, 4) is 0 Å². The van der Waals surface area contributed by atoms with Crippen molar-refractivity contribution in [2.45, 2.75) is 32.3 Å². The molecule has 1 unspecified atom stereocenters. The van der Waals surface area contributed by atoms with E-state index in [1.807, 2.05) is 0 Å². The molecule has 1 fully saturated rings. The molecular formula is C12H25NO3. The van der Waals surface area contributed by atoms with E-state index in [-0.39, 0.29) is 0 Å². The molecule has 1 N–H and O–H groups in total. The molecule has 1 atom stereocenters. The van der Waals surface area contributed by atoms with Crippen LogP contribution in [0.3, 0.4) is 0 Å². The zero-order chi connectivity index (χ0) is 11.5. The van der Waals surface area contributed by atoms with E-state index in [9.17, 15) is 0 Å². The summed E-state index contributed by atoms with van der Waals surface area (Å²) in [5, 5.41) is 3.30. The Morgan fingerprint density at radius 2 is 2.12 bits per heavy atom. The van der Waals surface area contributed by atoms with Gasteiger partial charge in [-0.1, -0.05) is 13.3 Å². The van der Waals surface area contributed by atoms with E-state index < -0.39 is 0 Å². The predicted molar refractivity (Wildman–Crippen MR) is 63.8 cm³/mol. The van der Waals surface area contributed by atoms with E-state index in [0.29, 0.717) is 6.10 Å². The standard InChI is InChI=1S/C12H25NO3/c1-2-3-7-14-9-5-13-6-10-16-12-4-8-15-11-12/h12-13H,2-11H2,1H3. The van der Waals surface area contributed by atoms with E-state index in [4.69, 9.17) is 14.2 Å². The number of hydrogen-bond donors (Lipinski definition) is 1. The largest absolute Gasteiger partial charge is 0.380 e. The van der Waals surface area contributed by atoms with Crippen molar-refractivity contribution >= 4 is 0 Å². The van der Waals surface area contributed by atoms with Crippen LogP contribution in [0.15, 0.2) is 0 Å². The van der Waals surface area contributed by atoms with Crippen LogP contribution in [0, 0.1) is 0 Å². The highest BCUT2D eigenvalue weighted by molar-refractivity contribution is 4.63. The molecule has 1 saturated heterocycles. The van der Waals surface area contributed by atoms with Crippen LogP contribution in [0.25, 0.3) is 0 Å². The Kier molecular flexibility index (Phi) is 8.71. The lowest BCUT2D eigenvalue weighted by atomic mass is 10.3. The zero-order valence-electron chi connectivity index (χ0n) is 10.4. The van der Waals surface area contributed by atoms with Crippen LogP contribution in [-0.4, -0.2) is 52.2 Å². The summed E-state index contributed by atoms with van der Waals surface area (Å²) in [7, 11) is 0. The maximum absolute atomic E-state index is 5.62. The molecule has 0 aromatic heterocycles. The predicted octanol–water partition coefficient (Wildman–Crippen LogP) is 1.20. The van der Waals surface area contributed by atoms with E-state index in [1.54, 1.807) is 0 Å². The highest BCUT2D eigenvalue weighted by Gasteiger charge is 2.14. The Balaban J connectivity index is 1.71. The maximum Gasteiger partial charge on any atom is 0.0831 e. The summed E-state index contributed by atoms with van der Waals surface area (Å²) < 4.78 is 16.3. The minimum absolute atomic E-state index is 0.322. The third kappa shape index (κ3) is 7.17. The normalized spacial score (nSPS) is 20.4. The zero-order valence-corrected chi connectivity index (χ0v) is 10.4. The van der Waals surface area contributed by atoms with Crippen molar-refractivity contribution in [1.82, 2.24) is 5.32 Å². The Hall–Kier alpha value is -0.160. The van der Waals surface area contributed by atoms with Crippen molar-refractivity contribution in [1.29, 1.82) is 0 Å². The fraction of sp³-hybridized carbons (Fsp3) is 1.00. The third-order valence-electron chi connectivity index (χ3n) is 2.59. The van der Waals surface area contributed by atoms with Crippen LogP contribution >= 0.6 is 0 Å². The second-order valence-corrected chi connectivity index (χ2v) is 4.07. The van der Waals surface area contributed by atoms with E-state index >= 15 is 0 Å². The summed E-state index contributed by atoms with van der Waals surface area (Å²) in [5.74, 6) is 0. The van der Waals surface area contributed by atoms with Gasteiger partial charge in [0.05, 0.1) is 25.9 Å². The molecule has 0 aromatic carbocycles. The monoisotopic (exact) mass is 231 g/mol. The first-order chi connectivity index (χ1) is 7.93. The summed E-state index contributed by atoms with van der Waals surface area (Å²) >= 11 is 0. The number of hydrogen-bond acceptors (Lipinski definition) is 4. The van der Waals surface area contributed by atoms with Crippen LogP contribution in [0.4, 0.5) is 0 Å². The Morgan fingerprint density at radius 3 is 2.88 bits per heavy atom. The quantitative estimate of drug-likeness (QED) is 0.573. The van der Waals surface area contributed by atoms with Gasteiger partial charge in [-0.05, 0) is 12.8 Å². The Labute approximate surface area is 98.6 Å². The second-order valence-electron chi connectivity index (χ2n) is 4.07. The van der Waals surface area contributed by atoms with Crippen molar-refractivity contribution in [2.75, 3.05) is 46.1 Å². The van der Waals surface area contributed by atoms with Gasteiger partial charge < -0.3 is 19.5 Å². The van der Waals surface area contributed by atoms with E-state index in [2.05, 4.69) is 12.2 Å². The fourth-order valence-electron chi connectivity index (χ4n) is 1.56. The molecule has 16 heavy (non-hydrogen) atoms. The van der Waals surface area contributed by atoms with Crippen LogP contribution in [0.2, 0.25) is 0 Å². The molecule has 1 heterocycles. The SMILES string of the molecule is CCCCOCCNCCOC1CCOC1. The lowest BCUT2D eigenvalue weighted by molar-refractivity contribution is 0.0435. The molecule has 1 aliphatic heterocycles. The van der Waals surface area contributed by atoms with Gasteiger partial charge in [-0.3, -0.25) is 0 Å². The van der Waals surface area contributed by atoms with Crippen LogP contribution in [-0.2, 0) is 14.2 Å². The average molecular weight is 231 g/mol. The molecule has 0 bridgehead atoms. The molecule has 0 spiro atoms. The molecule has 4 nitrogen and oxygen atoms in total. The van der Waals surface area contributed by atoms with Gasteiger partial charge in [0.25, 0.3) is 0 Å². The highest BCUT2D eigenvalue weighted by Crippen LogP contribution is 2.06. The topological polar surface area (TPSA) is 39.7 Å². The van der Waals surface area contributed by atoms with Crippen molar-refractivity contribution < 1.29 is 14.2 Å².